The van der Waals surface area contributed by atoms with Gasteiger partial charge in [0.05, 0.1) is 18.1 Å². The fourth-order valence-electron chi connectivity index (χ4n) is 1.76. The molecule has 0 aliphatic rings. The van der Waals surface area contributed by atoms with Gasteiger partial charge < -0.3 is 20.2 Å². The largest absolute Gasteiger partial charge is 0.395 e. The van der Waals surface area contributed by atoms with E-state index in [2.05, 4.69) is 5.43 Å². The lowest BCUT2D eigenvalue weighted by Gasteiger charge is -2.21. The van der Waals surface area contributed by atoms with Crippen molar-refractivity contribution in [2.75, 3.05) is 38.8 Å². The van der Waals surface area contributed by atoms with Crippen LogP contribution in [0.5, 0.6) is 0 Å². The van der Waals surface area contributed by atoms with Gasteiger partial charge in [-0.2, -0.15) is 0 Å². The van der Waals surface area contributed by atoms with Crippen LogP contribution in [0.1, 0.15) is 10.4 Å². The van der Waals surface area contributed by atoms with Gasteiger partial charge in [-0.25, -0.2) is 0 Å². The Morgan fingerprint density at radius 2 is 2.24 bits per heavy atom. The fraction of sp³-hybridized carbons (Fsp3) is 0.417. The van der Waals surface area contributed by atoms with Crippen LogP contribution in [0.15, 0.2) is 18.2 Å². The SMILES string of the molecule is COCCN(CCO)C(=O)c1ccc(NN)c([N+](=O)[O-])c1. The number of benzene rings is 1. The van der Waals surface area contributed by atoms with Gasteiger partial charge in [0.15, 0.2) is 0 Å². The minimum absolute atomic E-state index is 0.113. The molecule has 0 atom stereocenters. The zero-order valence-corrected chi connectivity index (χ0v) is 11.6. The third-order valence-electron chi connectivity index (χ3n) is 2.82. The minimum atomic E-state index is -0.627. The van der Waals surface area contributed by atoms with E-state index in [0.717, 1.165) is 6.07 Å². The Hall–Kier alpha value is -2.23. The first kappa shape index (κ1) is 16.8. The summed E-state index contributed by atoms with van der Waals surface area (Å²) in [6.45, 7) is 0.490. The van der Waals surface area contributed by atoms with Crippen LogP contribution in [-0.2, 0) is 4.74 Å². The maximum Gasteiger partial charge on any atom is 0.294 e. The Balaban J connectivity index is 3.04. The topological polar surface area (TPSA) is 131 Å². The van der Waals surface area contributed by atoms with E-state index in [4.69, 9.17) is 15.7 Å². The number of rotatable bonds is 8. The molecule has 0 fully saturated rings. The predicted molar refractivity (Wildman–Crippen MR) is 75.8 cm³/mol. The third kappa shape index (κ3) is 4.38. The molecule has 0 spiro atoms. The molecule has 0 heterocycles. The Morgan fingerprint density at radius 1 is 1.52 bits per heavy atom. The van der Waals surface area contributed by atoms with Crippen LogP contribution < -0.4 is 11.3 Å². The number of ether oxygens (including phenoxy) is 1. The molecule has 21 heavy (non-hydrogen) atoms. The van der Waals surface area contributed by atoms with Crippen molar-refractivity contribution in [3.63, 3.8) is 0 Å². The van der Waals surface area contributed by atoms with Gasteiger partial charge in [0.1, 0.15) is 5.69 Å². The highest BCUT2D eigenvalue weighted by molar-refractivity contribution is 5.95. The monoisotopic (exact) mass is 298 g/mol. The normalized spacial score (nSPS) is 10.2. The average Bonchev–Trinajstić information content (AvgIpc) is 2.50. The van der Waals surface area contributed by atoms with Crippen molar-refractivity contribution in [1.29, 1.82) is 0 Å². The number of methoxy groups -OCH3 is 1. The van der Waals surface area contributed by atoms with Crippen molar-refractivity contribution in [1.82, 2.24) is 4.90 Å². The summed E-state index contributed by atoms with van der Waals surface area (Å²) in [5, 5.41) is 19.9. The number of hydrazine groups is 1. The smallest absolute Gasteiger partial charge is 0.294 e. The number of amides is 1. The molecule has 0 aliphatic heterocycles. The van der Waals surface area contributed by atoms with Crippen LogP contribution in [0.2, 0.25) is 0 Å². The molecule has 9 heteroatoms. The maximum absolute atomic E-state index is 12.3. The van der Waals surface area contributed by atoms with Crippen LogP contribution in [0.3, 0.4) is 0 Å². The quantitative estimate of drug-likeness (QED) is 0.348. The number of nitrogens with two attached hydrogens (primary N) is 1. The minimum Gasteiger partial charge on any atom is -0.395 e. The van der Waals surface area contributed by atoms with Crippen molar-refractivity contribution in [2.24, 2.45) is 5.84 Å². The second-order valence-electron chi connectivity index (χ2n) is 4.14. The molecule has 1 rings (SSSR count). The van der Waals surface area contributed by atoms with E-state index >= 15 is 0 Å². The van der Waals surface area contributed by atoms with Gasteiger partial charge in [-0.15, -0.1) is 0 Å². The highest BCUT2D eigenvalue weighted by Crippen LogP contribution is 2.25. The lowest BCUT2D eigenvalue weighted by atomic mass is 10.1. The van der Waals surface area contributed by atoms with Crippen molar-refractivity contribution in [3.8, 4) is 0 Å². The number of nitrogen functional groups attached to an aromatic ring is 1. The van der Waals surface area contributed by atoms with Crippen LogP contribution in [0.25, 0.3) is 0 Å². The Morgan fingerprint density at radius 3 is 2.76 bits per heavy atom. The summed E-state index contributed by atoms with van der Waals surface area (Å²) in [7, 11) is 1.49. The average molecular weight is 298 g/mol. The molecule has 1 amide bonds. The van der Waals surface area contributed by atoms with Gasteiger partial charge >= 0.3 is 0 Å². The molecule has 116 valence electrons. The Bertz CT molecular complexity index is 508. The van der Waals surface area contributed by atoms with Crippen molar-refractivity contribution in [2.45, 2.75) is 0 Å². The number of hydrogen-bond acceptors (Lipinski definition) is 7. The van der Waals surface area contributed by atoms with Crippen LogP contribution in [0.4, 0.5) is 11.4 Å². The number of nitro benzene ring substituents is 1. The molecule has 0 aliphatic carbocycles. The number of hydrogen-bond donors (Lipinski definition) is 3. The number of nitrogens with one attached hydrogen (secondary N) is 1. The highest BCUT2D eigenvalue weighted by Gasteiger charge is 2.20. The number of nitro groups is 1. The molecule has 0 bridgehead atoms. The molecular weight excluding hydrogens is 280 g/mol. The molecule has 9 nitrogen and oxygen atoms in total. The van der Waals surface area contributed by atoms with E-state index in [9.17, 15) is 14.9 Å². The summed E-state index contributed by atoms with van der Waals surface area (Å²) in [5.41, 5.74) is 2.17. The van der Waals surface area contributed by atoms with E-state index < -0.39 is 10.8 Å². The van der Waals surface area contributed by atoms with E-state index in [1.54, 1.807) is 0 Å². The molecule has 0 radical (unpaired) electrons. The number of anilines is 1. The summed E-state index contributed by atoms with van der Waals surface area (Å²) in [5.74, 6) is 4.77. The Kier molecular flexibility index (Phi) is 6.53. The van der Waals surface area contributed by atoms with Gasteiger partial charge in [0.25, 0.3) is 11.6 Å². The summed E-state index contributed by atoms with van der Waals surface area (Å²) in [6, 6.07) is 3.94. The Labute approximate surface area is 121 Å². The van der Waals surface area contributed by atoms with Crippen LogP contribution in [-0.4, -0.2) is 54.3 Å². The lowest BCUT2D eigenvalue weighted by molar-refractivity contribution is -0.384. The van der Waals surface area contributed by atoms with Gasteiger partial charge in [0, 0.05) is 31.8 Å². The van der Waals surface area contributed by atoms with Crippen LogP contribution >= 0.6 is 0 Å². The summed E-state index contributed by atoms with van der Waals surface area (Å²) >= 11 is 0. The van der Waals surface area contributed by atoms with Crippen molar-refractivity contribution >= 4 is 17.3 Å². The molecule has 0 aromatic heterocycles. The first-order chi connectivity index (χ1) is 10.0. The molecular formula is C12H18N4O5. The van der Waals surface area contributed by atoms with Gasteiger partial charge in [0.2, 0.25) is 0 Å². The summed E-state index contributed by atoms with van der Waals surface area (Å²) < 4.78 is 4.89. The third-order valence-corrected chi connectivity index (χ3v) is 2.82. The van der Waals surface area contributed by atoms with E-state index in [-0.39, 0.29) is 36.6 Å². The molecule has 0 saturated heterocycles. The van der Waals surface area contributed by atoms with E-state index in [0.29, 0.717) is 6.61 Å². The predicted octanol–water partition coefficient (Wildman–Crippen LogP) is -0.0387. The second-order valence-corrected chi connectivity index (χ2v) is 4.14. The van der Waals surface area contributed by atoms with Gasteiger partial charge in [-0.05, 0) is 12.1 Å². The van der Waals surface area contributed by atoms with E-state index in [1.807, 2.05) is 0 Å². The summed E-state index contributed by atoms with van der Waals surface area (Å²) in [4.78, 5) is 24.0. The zero-order chi connectivity index (χ0) is 15.8. The zero-order valence-electron chi connectivity index (χ0n) is 11.6. The molecule has 4 N–H and O–H groups in total. The molecule has 1 aromatic rings. The number of carbonyl (C=O) groups excluding carboxylic acids is 1. The van der Waals surface area contributed by atoms with Gasteiger partial charge in [-0.1, -0.05) is 0 Å². The summed E-state index contributed by atoms with van der Waals surface area (Å²) in [6.07, 6.45) is 0. The number of aliphatic hydroxyl groups is 1. The highest BCUT2D eigenvalue weighted by atomic mass is 16.6. The second kappa shape index (κ2) is 8.15. The first-order valence-electron chi connectivity index (χ1n) is 6.19. The molecule has 0 saturated carbocycles. The van der Waals surface area contributed by atoms with Crippen molar-refractivity contribution < 1.29 is 19.6 Å². The fourth-order valence-corrected chi connectivity index (χ4v) is 1.76. The molecule has 0 unspecified atom stereocenters. The number of aliphatic hydroxyl groups excluding tert-OH is 1. The molecule has 1 aromatic carbocycles. The standard InChI is InChI=1S/C12H18N4O5/c1-21-7-5-15(4-6-17)12(18)9-2-3-10(14-13)11(8-9)16(19)20/h2-3,8,14,17H,4-7,13H2,1H3. The van der Waals surface area contributed by atoms with Gasteiger partial charge in [-0.3, -0.25) is 20.8 Å². The maximum atomic E-state index is 12.3. The number of carbonyl (C=O) groups is 1. The van der Waals surface area contributed by atoms with Crippen LogP contribution in [0, 0.1) is 10.1 Å². The van der Waals surface area contributed by atoms with E-state index in [1.165, 1.54) is 24.1 Å². The first-order valence-corrected chi connectivity index (χ1v) is 6.19. The lowest BCUT2D eigenvalue weighted by Crippen LogP contribution is -2.36. The van der Waals surface area contributed by atoms with Crippen molar-refractivity contribution in [3.05, 3.63) is 33.9 Å². The number of nitrogens with zero attached hydrogens (tertiary/aromatic N) is 2.